The van der Waals surface area contributed by atoms with Crippen molar-refractivity contribution in [2.75, 3.05) is 20.6 Å². The second-order valence-corrected chi connectivity index (χ2v) is 3.65. The van der Waals surface area contributed by atoms with Crippen LogP contribution in [-0.2, 0) is 14.4 Å². The van der Waals surface area contributed by atoms with Gasteiger partial charge in [-0.1, -0.05) is 0 Å². The zero-order chi connectivity index (χ0) is 11.6. The molecule has 2 amide bonds. The highest BCUT2D eigenvalue weighted by Crippen LogP contribution is 2.39. The molecule has 0 bridgehead atoms. The number of carboxylic acid groups (broad SMARTS) is 1. The Balaban J connectivity index is 2.42. The van der Waals surface area contributed by atoms with E-state index in [0.717, 1.165) is 0 Å². The van der Waals surface area contributed by atoms with Crippen molar-refractivity contribution in [3.05, 3.63) is 0 Å². The quantitative estimate of drug-likeness (QED) is 0.622. The fourth-order valence-corrected chi connectivity index (χ4v) is 1.40. The number of aliphatic carboxylic acids is 1. The summed E-state index contributed by atoms with van der Waals surface area (Å²) in [5.74, 6) is -2.49. The molecule has 0 radical (unpaired) electrons. The molecule has 6 nitrogen and oxygen atoms in total. The van der Waals surface area contributed by atoms with E-state index in [-0.39, 0.29) is 18.4 Å². The number of nitrogens with zero attached hydrogens (tertiary/aromatic N) is 1. The zero-order valence-electron chi connectivity index (χ0n) is 8.69. The molecular weight excluding hydrogens is 200 g/mol. The lowest BCUT2D eigenvalue weighted by molar-refractivity contribution is -0.142. The summed E-state index contributed by atoms with van der Waals surface area (Å²) in [4.78, 5) is 34.3. The fraction of sp³-hybridized carbons (Fsp3) is 0.667. The molecule has 2 atom stereocenters. The minimum atomic E-state index is -0.943. The van der Waals surface area contributed by atoms with Crippen molar-refractivity contribution >= 4 is 17.8 Å². The Kier molecular flexibility index (Phi) is 3.28. The highest BCUT2D eigenvalue weighted by Gasteiger charge is 2.49. The van der Waals surface area contributed by atoms with Crippen LogP contribution in [0, 0.1) is 11.8 Å². The summed E-state index contributed by atoms with van der Waals surface area (Å²) < 4.78 is 0. The zero-order valence-corrected chi connectivity index (χ0v) is 8.69. The molecule has 0 aromatic heterocycles. The number of likely N-dealkylation sites (N-methyl/N-ethyl adjacent to an activating group) is 2. The lowest BCUT2D eigenvalue weighted by Gasteiger charge is -2.15. The average Bonchev–Trinajstić information content (AvgIpc) is 2.95. The minimum Gasteiger partial charge on any atom is -0.481 e. The molecule has 2 unspecified atom stereocenters. The number of carboxylic acids is 1. The van der Waals surface area contributed by atoms with E-state index in [1.165, 1.54) is 19.0 Å². The molecule has 1 fully saturated rings. The van der Waals surface area contributed by atoms with Gasteiger partial charge in [0.25, 0.3) is 0 Å². The summed E-state index contributed by atoms with van der Waals surface area (Å²) in [6.45, 7) is -0.0296. The van der Waals surface area contributed by atoms with E-state index < -0.39 is 17.8 Å². The second-order valence-electron chi connectivity index (χ2n) is 3.65. The van der Waals surface area contributed by atoms with E-state index in [9.17, 15) is 14.4 Å². The SMILES string of the molecule is CNC(=O)CN(C)C(=O)C1CC1C(=O)O. The van der Waals surface area contributed by atoms with Gasteiger partial charge in [-0.25, -0.2) is 0 Å². The van der Waals surface area contributed by atoms with Gasteiger partial charge in [0.05, 0.1) is 18.4 Å². The maximum Gasteiger partial charge on any atom is 0.307 e. The van der Waals surface area contributed by atoms with Gasteiger partial charge in [0.15, 0.2) is 0 Å². The minimum absolute atomic E-state index is 0.0296. The second kappa shape index (κ2) is 4.29. The molecule has 84 valence electrons. The first kappa shape index (κ1) is 11.5. The predicted octanol–water partition coefficient (Wildman–Crippen LogP) is -1.09. The molecule has 1 saturated carbocycles. The van der Waals surface area contributed by atoms with Crippen molar-refractivity contribution in [2.24, 2.45) is 11.8 Å². The summed E-state index contributed by atoms with van der Waals surface area (Å²) in [5.41, 5.74) is 0. The van der Waals surface area contributed by atoms with E-state index in [2.05, 4.69) is 5.32 Å². The van der Waals surface area contributed by atoms with Crippen LogP contribution in [0.2, 0.25) is 0 Å². The van der Waals surface area contributed by atoms with Crippen LogP contribution in [0.1, 0.15) is 6.42 Å². The van der Waals surface area contributed by atoms with Crippen LogP contribution in [0.3, 0.4) is 0 Å². The molecular formula is C9H14N2O4. The lowest BCUT2D eigenvalue weighted by Crippen LogP contribution is -2.38. The monoisotopic (exact) mass is 214 g/mol. The number of rotatable bonds is 4. The van der Waals surface area contributed by atoms with Crippen molar-refractivity contribution < 1.29 is 19.5 Å². The van der Waals surface area contributed by atoms with Gasteiger partial charge in [-0.15, -0.1) is 0 Å². The van der Waals surface area contributed by atoms with Crippen molar-refractivity contribution in [2.45, 2.75) is 6.42 Å². The average molecular weight is 214 g/mol. The Morgan fingerprint density at radius 1 is 1.40 bits per heavy atom. The molecule has 0 aromatic carbocycles. The van der Waals surface area contributed by atoms with Crippen molar-refractivity contribution in [3.63, 3.8) is 0 Å². The third-order valence-corrected chi connectivity index (χ3v) is 2.46. The molecule has 0 aliphatic heterocycles. The number of amides is 2. The third-order valence-electron chi connectivity index (χ3n) is 2.46. The van der Waals surface area contributed by atoms with Crippen molar-refractivity contribution in [1.29, 1.82) is 0 Å². The first-order chi connectivity index (χ1) is 6.97. The number of carbonyl (C=O) groups is 3. The molecule has 2 N–H and O–H groups in total. The molecule has 15 heavy (non-hydrogen) atoms. The van der Waals surface area contributed by atoms with Gasteiger partial charge in [-0.05, 0) is 6.42 Å². The molecule has 6 heteroatoms. The van der Waals surface area contributed by atoms with Gasteiger partial charge < -0.3 is 15.3 Å². The van der Waals surface area contributed by atoms with E-state index >= 15 is 0 Å². The third kappa shape index (κ3) is 2.68. The molecule has 0 saturated heterocycles. The number of nitrogens with one attached hydrogen (secondary N) is 1. The normalized spacial score (nSPS) is 23.1. The van der Waals surface area contributed by atoms with Crippen LogP contribution in [0.5, 0.6) is 0 Å². The standard InChI is InChI=1S/C9H14N2O4/c1-10-7(12)4-11(2)8(13)5-3-6(5)9(14)15/h5-6H,3-4H2,1-2H3,(H,10,12)(H,14,15). The van der Waals surface area contributed by atoms with Crippen LogP contribution in [0.15, 0.2) is 0 Å². The van der Waals surface area contributed by atoms with E-state index in [1.54, 1.807) is 0 Å². The molecule has 1 aliphatic carbocycles. The van der Waals surface area contributed by atoms with Crippen LogP contribution >= 0.6 is 0 Å². The molecule has 1 rings (SSSR count). The molecule has 0 heterocycles. The van der Waals surface area contributed by atoms with Gasteiger partial charge in [0.2, 0.25) is 11.8 Å². The van der Waals surface area contributed by atoms with Gasteiger partial charge in [0, 0.05) is 14.1 Å². The van der Waals surface area contributed by atoms with Crippen LogP contribution in [0.4, 0.5) is 0 Å². The van der Waals surface area contributed by atoms with Gasteiger partial charge in [0.1, 0.15) is 0 Å². The summed E-state index contributed by atoms with van der Waals surface area (Å²) >= 11 is 0. The lowest BCUT2D eigenvalue weighted by atomic mass is 10.3. The Morgan fingerprint density at radius 3 is 2.40 bits per heavy atom. The fourth-order valence-electron chi connectivity index (χ4n) is 1.40. The largest absolute Gasteiger partial charge is 0.481 e. The number of hydrogen-bond donors (Lipinski definition) is 2. The van der Waals surface area contributed by atoms with Gasteiger partial charge in [-0.2, -0.15) is 0 Å². The van der Waals surface area contributed by atoms with Crippen LogP contribution < -0.4 is 5.32 Å². The van der Waals surface area contributed by atoms with Crippen molar-refractivity contribution in [3.8, 4) is 0 Å². The Morgan fingerprint density at radius 2 is 2.00 bits per heavy atom. The number of hydrogen-bond acceptors (Lipinski definition) is 3. The highest BCUT2D eigenvalue weighted by molar-refractivity contribution is 5.91. The summed E-state index contributed by atoms with van der Waals surface area (Å²) in [6, 6.07) is 0. The maximum absolute atomic E-state index is 11.6. The van der Waals surface area contributed by atoms with Gasteiger partial charge in [-0.3, -0.25) is 14.4 Å². The maximum atomic E-state index is 11.6. The van der Waals surface area contributed by atoms with E-state index in [4.69, 9.17) is 5.11 Å². The van der Waals surface area contributed by atoms with Crippen LogP contribution in [0.25, 0.3) is 0 Å². The van der Waals surface area contributed by atoms with Crippen molar-refractivity contribution in [1.82, 2.24) is 10.2 Å². The molecule has 0 aromatic rings. The Bertz CT molecular complexity index is 302. The predicted molar refractivity (Wildman–Crippen MR) is 50.9 cm³/mol. The molecule has 1 aliphatic rings. The summed E-state index contributed by atoms with van der Waals surface area (Å²) in [5, 5.41) is 11.0. The summed E-state index contributed by atoms with van der Waals surface area (Å²) in [6.07, 6.45) is 0.381. The smallest absolute Gasteiger partial charge is 0.307 e. The first-order valence-electron chi connectivity index (χ1n) is 4.65. The summed E-state index contributed by atoms with van der Waals surface area (Å²) in [7, 11) is 2.98. The van der Waals surface area contributed by atoms with E-state index in [0.29, 0.717) is 6.42 Å². The topological polar surface area (TPSA) is 86.7 Å². The molecule has 0 spiro atoms. The number of carbonyl (C=O) groups excluding carboxylic acids is 2. The Labute approximate surface area is 87.2 Å². The van der Waals surface area contributed by atoms with Gasteiger partial charge >= 0.3 is 5.97 Å². The van der Waals surface area contributed by atoms with Crippen LogP contribution in [-0.4, -0.2) is 48.4 Å². The first-order valence-corrected chi connectivity index (χ1v) is 4.65. The van der Waals surface area contributed by atoms with E-state index in [1.807, 2.05) is 0 Å². The Hall–Kier alpha value is -1.59. The highest BCUT2D eigenvalue weighted by atomic mass is 16.4.